The minimum Gasteiger partial charge on any atom is -0.492 e. The van der Waals surface area contributed by atoms with Gasteiger partial charge in [0.05, 0.1) is 12.9 Å². The van der Waals surface area contributed by atoms with Gasteiger partial charge >= 0.3 is 0 Å². The Morgan fingerprint density at radius 2 is 1.95 bits per heavy atom. The number of H-pyrrole nitrogens is 1. The molecule has 0 unspecified atom stereocenters. The van der Waals surface area contributed by atoms with Crippen LogP contribution in [0.3, 0.4) is 0 Å². The molecule has 1 heterocycles. The van der Waals surface area contributed by atoms with E-state index < -0.39 is 5.91 Å². The highest BCUT2D eigenvalue weighted by molar-refractivity contribution is 5.91. The number of aromatic nitrogens is 2. The van der Waals surface area contributed by atoms with E-state index in [0.717, 1.165) is 22.9 Å². The summed E-state index contributed by atoms with van der Waals surface area (Å²) < 4.78 is 5.57. The molecule has 0 atom stereocenters. The van der Waals surface area contributed by atoms with Gasteiger partial charge in [-0.05, 0) is 37.1 Å². The summed E-state index contributed by atoms with van der Waals surface area (Å²) in [5.74, 6) is 0.376. The van der Waals surface area contributed by atoms with Gasteiger partial charge in [-0.25, -0.2) is 4.98 Å². The molecule has 110 valence electrons. The van der Waals surface area contributed by atoms with Gasteiger partial charge in [-0.2, -0.15) is 0 Å². The molecule has 0 saturated heterocycles. The molecule has 6 nitrogen and oxygen atoms in total. The molecular weight excluding hydrogens is 270 g/mol. The van der Waals surface area contributed by atoms with Crippen molar-refractivity contribution >= 4 is 5.91 Å². The lowest BCUT2D eigenvalue weighted by Crippen LogP contribution is -2.29. The highest BCUT2D eigenvalue weighted by Crippen LogP contribution is 2.15. The fraction of sp³-hybridized carbons (Fsp3) is 0.267. The second-order valence-electron chi connectivity index (χ2n) is 4.72. The van der Waals surface area contributed by atoms with Crippen molar-refractivity contribution in [2.75, 3.05) is 13.2 Å². The zero-order valence-corrected chi connectivity index (χ0v) is 12.0. The van der Waals surface area contributed by atoms with Gasteiger partial charge in [-0.1, -0.05) is 6.07 Å². The van der Waals surface area contributed by atoms with Crippen LogP contribution in [0, 0.1) is 13.8 Å². The average molecular weight is 287 g/mol. The van der Waals surface area contributed by atoms with Crippen molar-refractivity contribution in [1.82, 2.24) is 15.3 Å². The first kappa shape index (κ1) is 14.8. The van der Waals surface area contributed by atoms with Gasteiger partial charge in [0, 0.05) is 6.07 Å². The van der Waals surface area contributed by atoms with Crippen molar-refractivity contribution in [3.8, 4) is 5.75 Å². The summed E-state index contributed by atoms with van der Waals surface area (Å²) in [5, 5.41) is 2.65. The van der Waals surface area contributed by atoms with E-state index in [2.05, 4.69) is 21.4 Å². The Bertz CT molecular complexity index is 674. The first-order valence-electron chi connectivity index (χ1n) is 6.58. The Morgan fingerprint density at radius 3 is 2.62 bits per heavy atom. The second kappa shape index (κ2) is 6.69. The lowest BCUT2D eigenvalue weighted by atomic mass is 10.1. The summed E-state index contributed by atoms with van der Waals surface area (Å²) >= 11 is 0. The molecule has 0 fully saturated rings. The number of rotatable bonds is 5. The van der Waals surface area contributed by atoms with Crippen LogP contribution in [0.1, 0.15) is 21.6 Å². The molecule has 0 bridgehead atoms. The molecular formula is C15H17N3O3. The number of carbonyl (C=O) groups is 1. The van der Waals surface area contributed by atoms with Gasteiger partial charge in [0.15, 0.2) is 0 Å². The first-order chi connectivity index (χ1) is 10.0. The van der Waals surface area contributed by atoms with Crippen molar-refractivity contribution < 1.29 is 9.53 Å². The van der Waals surface area contributed by atoms with Gasteiger partial charge in [0.25, 0.3) is 11.5 Å². The number of aromatic amines is 1. The molecule has 2 aromatic rings. The first-order valence-corrected chi connectivity index (χ1v) is 6.58. The topological polar surface area (TPSA) is 84.1 Å². The normalized spacial score (nSPS) is 10.2. The summed E-state index contributed by atoms with van der Waals surface area (Å²) in [6, 6.07) is 7.09. The molecule has 1 amide bonds. The molecule has 6 heteroatoms. The van der Waals surface area contributed by atoms with E-state index in [1.165, 1.54) is 6.33 Å². The molecule has 0 aliphatic rings. The minimum absolute atomic E-state index is 0.0881. The van der Waals surface area contributed by atoms with Crippen molar-refractivity contribution in [2.24, 2.45) is 0 Å². The monoisotopic (exact) mass is 287 g/mol. The summed E-state index contributed by atoms with van der Waals surface area (Å²) in [6.07, 6.45) is 1.20. The number of benzene rings is 1. The highest BCUT2D eigenvalue weighted by Gasteiger charge is 2.06. The molecule has 0 radical (unpaired) electrons. The van der Waals surface area contributed by atoms with Crippen LogP contribution in [0.4, 0.5) is 0 Å². The number of amides is 1. The van der Waals surface area contributed by atoms with Crippen LogP contribution in [0.25, 0.3) is 0 Å². The predicted octanol–water partition coefficient (Wildman–Crippen LogP) is 1.20. The molecule has 1 aromatic carbocycles. The van der Waals surface area contributed by atoms with Gasteiger partial charge in [-0.15, -0.1) is 0 Å². The van der Waals surface area contributed by atoms with Crippen molar-refractivity contribution in [1.29, 1.82) is 0 Å². The summed E-state index contributed by atoms with van der Waals surface area (Å²) in [5.41, 5.74) is 1.98. The standard InChI is InChI=1S/C15H17N3O3/c1-10-5-11(2)7-12(6-10)21-4-3-16-15(20)13-8-14(19)18-9-17-13/h5-9H,3-4H2,1-2H3,(H,16,20)(H,17,18,19). The van der Waals surface area contributed by atoms with E-state index in [-0.39, 0.29) is 11.3 Å². The zero-order valence-electron chi connectivity index (χ0n) is 12.0. The molecule has 0 aliphatic carbocycles. The van der Waals surface area contributed by atoms with Gasteiger partial charge < -0.3 is 15.0 Å². The maximum absolute atomic E-state index is 11.7. The molecule has 2 N–H and O–H groups in total. The smallest absolute Gasteiger partial charge is 0.270 e. The Balaban J connectivity index is 1.82. The third kappa shape index (κ3) is 4.45. The number of hydrogen-bond donors (Lipinski definition) is 2. The number of hydrogen-bond acceptors (Lipinski definition) is 4. The van der Waals surface area contributed by atoms with Crippen LogP contribution in [0.15, 0.2) is 35.4 Å². The average Bonchev–Trinajstić information content (AvgIpc) is 2.42. The third-order valence-electron chi connectivity index (χ3n) is 2.76. The molecule has 21 heavy (non-hydrogen) atoms. The lowest BCUT2D eigenvalue weighted by Gasteiger charge is -2.09. The van der Waals surface area contributed by atoms with E-state index >= 15 is 0 Å². The Morgan fingerprint density at radius 1 is 1.24 bits per heavy atom. The van der Waals surface area contributed by atoms with Gasteiger partial charge in [-0.3, -0.25) is 9.59 Å². The highest BCUT2D eigenvalue weighted by atomic mass is 16.5. The van der Waals surface area contributed by atoms with E-state index in [1.54, 1.807) is 0 Å². The van der Waals surface area contributed by atoms with Crippen LogP contribution in [0.2, 0.25) is 0 Å². The second-order valence-corrected chi connectivity index (χ2v) is 4.72. The summed E-state index contributed by atoms with van der Waals surface area (Å²) in [6.45, 7) is 4.68. The van der Waals surface area contributed by atoms with Crippen molar-refractivity contribution in [3.05, 3.63) is 57.8 Å². The van der Waals surface area contributed by atoms with Crippen molar-refractivity contribution in [3.63, 3.8) is 0 Å². The Hall–Kier alpha value is -2.63. The molecule has 0 spiro atoms. The van der Waals surface area contributed by atoms with Crippen molar-refractivity contribution in [2.45, 2.75) is 13.8 Å². The zero-order chi connectivity index (χ0) is 15.2. The lowest BCUT2D eigenvalue weighted by molar-refractivity contribution is 0.0941. The van der Waals surface area contributed by atoms with E-state index in [4.69, 9.17) is 4.74 Å². The third-order valence-corrected chi connectivity index (χ3v) is 2.76. The SMILES string of the molecule is Cc1cc(C)cc(OCCNC(=O)c2cc(=O)[nH]cn2)c1. The van der Waals surface area contributed by atoms with Crippen LogP contribution in [-0.2, 0) is 0 Å². The Labute approximate surface area is 122 Å². The number of aryl methyl sites for hydroxylation is 2. The van der Waals surface area contributed by atoms with Crippen LogP contribution < -0.4 is 15.6 Å². The summed E-state index contributed by atoms with van der Waals surface area (Å²) in [7, 11) is 0. The molecule has 0 saturated carbocycles. The molecule has 0 aliphatic heterocycles. The maximum atomic E-state index is 11.7. The quantitative estimate of drug-likeness (QED) is 0.809. The summed E-state index contributed by atoms with van der Waals surface area (Å²) in [4.78, 5) is 29.0. The molecule has 2 rings (SSSR count). The van der Waals surface area contributed by atoms with E-state index in [0.29, 0.717) is 13.2 Å². The van der Waals surface area contributed by atoms with E-state index in [1.807, 2.05) is 26.0 Å². The van der Waals surface area contributed by atoms with Gasteiger partial charge in [0.2, 0.25) is 0 Å². The molecule has 1 aromatic heterocycles. The van der Waals surface area contributed by atoms with E-state index in [9.17, 15) is 9.59 Å². The number of nitrogens with one attached hydrogen (secondary N) is 2. The van der Waals surface area contributed by atoms with Gasteiger partial charge in [0.1, 0.15) is 18.1 Å². The Kier molecular flexibility index (Phi) is 4.71. The number of ether oxygens (including phenoxy) is 1. The number of nitrogens with zero attached hydrogens (tertiary/aromatic N) is 1. The minimum atomic E-state index is -0.398. The van der Waals surface area contributed by atoms with Crippen LogP contribution in [-0.4, -0.2) is 29.0 Å². The van der Waals surface area contributed by atoms with Crippen LogP contribution in [0.5, 0.6) is 5.75 Å². The fourth-order valence-electron chi connectivity index (χ4n) is 1.93. The van der Waals surface area contributed by atoms with Crippen LogP contribution >= 0.6 is 0 Å². The number of carbonyl (C=O) groups excluding carboxylic acids is 1. The largest absolute Gasteiger partial charge is 0.492 e. The maximum Gasteiger partial charge on any atom is 0.270 e. The fourth-order valence-corrected chi connectivity index (χ4v) is 1.93. The predicted molar refractivity (Wildman–Crippen MR) is 78.6 cm³/mol.